The molecule has 2 unspecified atom stereocenters. The van der Waals surface area contributed by atoms with Crippen molar-refractivity contribution in [3.8, 4) is 12.3 Å². The summed E-state index contributed by atoms with van der Waals surface area (Å²) < 4.78 is 4.95. The Bertz CT molecular complexity index is 524. The van der Waals surface area contributed by atoms with Crippen LogP contribution in [0.25, 0.3) is 0 Å². The molecule has 0 aliphatic carbocycles. The van der Waals surface area contributed by atoms with Gasteiger partial charge in [0, 0.05) is 12.3 Å². The van der Waals surface area contributed by atoms with E-state index in [1.165, 1.54) is 0 Å². The molecule has 92 valence electrons. The second-order valence-electron chi connectivity index (χ2n) is 3.99. The van der Waals surface area contributed by atoms with Crippen molar-refractivity contribution in [2.45, 2.75) is 18.4 Å². The Hall–Kier alpha value is -2.41. The number of ether oxygens (including phenoxy) is 1. The van der Waals surface area contributed by atoms with Gasteiger partial charge < -0.3 is 14.9 Å². The Labute approximate surface area is 105 Å². The molecule has 2 N–H and O–H groups in total. The van der Waals surface area contributed by atoms with Crippen LogP contribution in [0.3, 0.4) is 0 Å². The number of esters is 1. The van der Waals surface area contributed by atoms with E-state index in [1.807, 2.05) is 30.3 Å². The molecular weight excluding hydrogens is 232 g/mol. The van der Waals surface area contributed by atoms with Crippen molar-refractivity contribution in [1.82, 2.24) is 0 Å². The number of benzene rings is 1. The minimum atomic E-state index is -0.921. The van der Waals surface area contributed by atoms with E-state index in [2.05, 4.69) is 5.92 Å². The molecule has 1 heterocycles. The molecule has 1 aliphatic heterocycles. The number of hydrogen-bond donors (Lipinski definition) is 2. The lowest BCUT2D eigenvalue weighted by Gasteiger charge is -2.20. The van der Waals surface area contributed by atoms with Gasteiger partial charge in [-0.3, -0.25) is 0 Å². The van der Waals surface area contributed by atoms with Crippen LogP contribution in [-0.4, -0.2) is 22.3 Å². The van der Waals surface area contributed by atoms with Crippen molar-refractivity contribution in [1.29, 1.82) is 0 Å². The van der Waals surface area contributed by atoms with Crippen molar-refractivity contribution >= 4 is 5.97 Å². The van der Waals surface area contributed by atoms with Gasteiger partial charge in [0.1, 0.15) is 0 Å². The zero-order valence-electron chi connectivity index (χ0n) is 9.54. The van der Waals surface area contributed by atoms with E-state index in [9.17, 15) is 15.0 Å². The van der Waals surface area contributed by atoms with Crippen LogP contribution in [0, 0.1) is 12.3 Å². The summed E-state index contributed by atoms with van der Waals surface area (Å²) >= 11 is 0. The SMILES string of the molecule is C#CCC(c1ccccc1)C1OC(=O)C(O)=C1O. The van der Waals surface area contributed by atoms with Crippen molar-refractivity contribution in [3.63, 3.8) is 0 Å². The highest BCUT2D eigenvalue weighted by atomic mass is 16.6. The average molecular weight is 244 g/mol. The summed E-state index contributed by atoms with van der Waals surface area (Å²) in [6, 6.07) is 9.17. The lowest BCUT2D eigenvalue weighted by molar-refractivity contribution is -0.143. The fourth-order valence-electron chi connectivity index (χ4n) is 1.97. The summed E-state index contributed by atoms with van der Waals surface area (Å²) in [6.07, 6.45) is 4.67. The highest BCUT2D eigenvalue weighted by Crippen LogP contribution is 2.33. The zero-order valence-corrected chi connectivity index (χ0v) is 9.54. The summed E-state index contributed by atoms with van der Waals surface area (Å²) in [5.74, 6) is 0.00278. The number of aliphatic hydroxyl groups is 2. The van der Waals surface area contributed by atoms with Gasteiger partial charge in [0.2, 0.25) is 5.76 Å². The molecule has 2 atom stereocenters. The molecule has 1 aliphatic rings. The first-order chi connectivity index (χ1) is 8.65. The van der Waals surface area contributed by atoms with Crippen LogP contribution in [-0.2, 0) is 9.53 Å². The smallest absolute Gasteiger partial charge is 0.377 e. The number of aliphatic hydroxyl groups excluding tert-OH is 2. The Morgan fingerprint density at radius 1 is 1.33 bits per heavy atom. The first kappa shape index (κ1) is 12.1. The molecule has 1 aromatic rings. The predicted molar refractivity (Wildman–Crippen MR) is 64.8 cm³/mol. The molecule has 0 bridgehead atoms. The molecule has 0 aromatic heterocycles. The lowest BCUT2D eigenvalue weighted by Crippen LogP contribution is -2.21. The fourth-order valence-corrected chi connectivity index (χ4v) is 1.97. The summed E-state index contributed by atoms with van der Waals surface area (Å²) in [5, 5.41) is 19.0. The number of terminal acetylenes is 1. The normalized spacial score (nSPS) is 20.4. The van der Waals surface area contributed by atoms with Crippen LogP contribution in [0.5, 0.6) is 0 Å². The minimum absolute atomic E-state index is 0.291. The predicted octanol–water partition coefficient (Wildman–Crippen LogP) is 2.05. The summed E-state index contributed by atoms with van der Waals surface area (Å²) in [4.78, 5) is 11.2. The topological polar surface area (TPSA) is 66.8 Å². The quantitative estimate of drug-likeness (QED) is 0.630. The summed E-state index contributed by atoms with van der Waals surface area (Å²) in [7, 11) is 0. The molecule has 1 aromatic carbocycles. The molecular formula is C14H12O4. The van der Waals surface area contributed by atoms with Crippen LogP contribution in [0.2, 0.25) is 0 Å². The molecule has 0 saturated heterocycles. The molecule has 4 heteroatoms. The number of hydrogen-bond acceptors (Lipinski definition) is 4. The van der Waals surface area contributed by atoms with E-state index in [4.69, 9.17) is 11.2 Å². The molecule has 0 fully saturated rings. The second kappa shape index (κ2) is 4.84. The molecule has 4 nitrogen and oxygen atoms in total. The standard InChI is InChI=1S/C14H12O4/c1-2-6-10(9-7-4-3-5-8-9)13-11(15)12(16)14(17)18-13/h1,3-5,7-8,10,13,15-16H,6H2. The molecule has 0 saturated carbocycles. The maximum Gasteiger partial charge on any atom is 0.377 e. The third kappa shape index (κ3) is 2.03. The Morgan fingerprint density at radius 2 is 2.00 bits per heavy atom. The van der Waals surface area contributed by atoms with Gasteiger partial charge in [0.15, 0.2) is 11.9 Å². The lowest BCUT2D eigenvalue weighted by atomic mass is 9.90. The zero-order chi connectivity index (χ0) is 13.1. The third-order valence-electron chi connectivity index (χ3n) is 2.87. The van der Waals surface area contributed by atoms with E-state index < -0.39 is 23.6 Å². The van der Waals surface area contributed by atoms with Gasteiger partial charge in [-0.2, -0.15) is 0 Å². The minimum Gasteiger partial charge on any atom is -0.505 e. The first-order valence-electron chi connectivity index (χ1n) is 5.46. The number of carbonyl (C=O) groups is 1. The molecule has 0 spiro atoms. The Balaban J connectivity index is 2.34. The van der Waals surface area contributed by atoms with Gasteiger partial charge in [-0.15, -0.1) is 12.3 Å². The van der Waals surface area contributed by atoms with E-state index in [0.717, 1.165) is 5.56 Å². The molecule has 0 amide bonds. The van der Waals surface area contributed by atoms with E-state index in [-0.39, 0.29) is 5.92 Å². The Kier molecular flexibility index (Phi) is 3.24. The fraction of sp³-hybridized carbons (Fsp3) is 0.214. The average Bonchev–Trinajstić information content (AvgIpc) is 2.65. The maximum absolute atomic E-state index is 11.2. The first-order valence-corrected chi connectivity index (χ1v) is 5.46. The van der Waals surface area contributed by atoms with E-state index >= 15 is 0 Å². The van der Waals surface area contributed by atoms with Gasteiger partial charge in [-0.1, -0.05) is 30.3 Å². The highest BCUT2D eigenvalue weighted by molar-refractivity contribution is 5.89. The number of carbonyl (C=O) groups excluding carboxylic acids is 1. The summed E-state index contributed by atoms with van der Waals surface area (Å²) in [5.41, 5.74) is 0.842. The highest BCUT2D eigenvalue weighted by Gasteiger charge is 2.39. The molecule has 0 radical (unpaired) electrons. The summed E-state index contributed by atoms with van der Waals surface area (Å²) in [6.45, 7) is 0. The number of cyclic esters (lactones) is 1. The maximum atomic E-state index is 11.2. The van der Waals surface area contributed by atoms with Gasteiger partial charge in [-0.05, 0) is 5.56 Å². The van der Waals surface area contributed by atoms with E-state index in [1.54, 1.807) is 0 Å². The monoisotopic (exact) mass is 244 g/mol. The van der Waals surface area contributed by atoms with Crippen molar-refractivity contribution in [2.75, 3.05) is 0 Å². The van der Waals surface area contributed by atoms with Gasteiger partial charge in [-0.25, -0.2) is 4.79 Å². The largest absolute Gasteiger partial charge is 0.505 e. The van der Waals surface area contributed by atoms with Crippen LogP contribution in [0.1, 0.15) is 17.9 Å². The number of rotatable bonds is 3. The van der Waals surface area contributed by atoms with Crippen LogP contribution >= 0.6 is 0 Å². The Morgan fingerprint density at radius 3 is 2.50 bits per heavy atom. The van der Waals surface area contributed by atoms with Crippen LogP contribution in [0.4, 0.5) is 0 Å². The van der Waals surface area contributed by atoms with Crippen molar-refractivity contribution < 1.29 is 19.7 Å². The second-order valence-corrected chi connectivity index (χ2v) is 3.99. The van der Waals surface area contributed by atoms with Gasteiger partial charge in [0.05, 0.1) is 0 Å². The molecule has 18 heavy (non-hydrogen) atoms. The van der Waals surface area contributed by atoms with Gasteiger partial charge in [0.25, 0.3) is 0 Å². The molecule has 2 rings (SSSR count). The van der Waals surface area contributed by atoms with Crippen molar-refractivity contribution in [2.24, 2.45) is 0 Å². The third-order valence-corrected chi connectivity index (χ3v) is 2.87. The van der Waals surface area contributed by atoms with Crippen LogP contribution < -0.4 is 0 Å². The van der Waals surface area contributed by atoms with Crippen LogP contribution in [0.15, 0.2) is 41.9 Å². The van der Waals surface area contributed by atoms with Gasteiger partial charge >= 0.3 is 5.97 Å². The van der Waals surface area contributed by atoms with Crippen molar-refractivity contribution in [3.05, 3.63) is 47.4 Å². The van der Waals surface area contributed by atoms with E-state index in [0.29, 0.717) is 6.42 Å².